The molecule has 0 amide bonds. The summed E-state index contributed by atoms with van der Waals surface area (Å²) in [7, 11) is -1.06. The molecule has 0 fully saturated rings. The fourth-order valence-electron chi connectivity index (χ4n) is 1.63. The van der Waals surface area contributed by atoms with Crippen molar-refractivity contribution in [3.8, 4) is 0 Å². The Morgan fingerprint density at radius 3 is 1.71 bits per heavy atom. The number of hydrogen-bond acceptors (Lipinski definition) is 0. The van der Waals surface area contributed by atoms with Crippen molar-refractivity contribution in [1.29, 1.82) is 0 Å². The Morgan fingerprint density at radius 1 is 1.14 bits per heavy atom. The SMILES string of the molecule is C[C]1([Ti+3])C=CC=C1[Si](C)(C)C.[Cl-].[Cl-].[Cl-]. The van der Waals surface area contributed by atoms with E-state index in [9.17, 15) is 0 Å². The molecule has 14 heavy (non-hydrogen) atoms. The van der Waals surface area contributed by atoms with Gasteiger partial charge in [0.05, 0.1) is 0 Å². The van der Waals surface area contributed by atoms with Crippen molar-refractivity contribution >= 4 is 8.07 Å². The van der Waals surface area contributed by atoms with Crippen LogP contribution in [0.5, 0.6) is 0 Å². The second-order valence-electron chi connectivity index (χ2n) is 4.39. The van der Waals surface area contributed by atoms with Gasteiger partial charge in [-0.25, -0.2) is 0 Å². The Kier molecular flexibility index (Phi) is 10.0. The molecular weight excluding hydrogens is 290 g/mol. The second-order valence-corrected chi connectivity index (χ2v) is 11.1. The normalized spacial score (nSPS) is 24.3. The molecule has 0 saturated heterocycles. The van der Waals surface area contributed by atoms with Gasteiger partial charge in [-0.3, -0.25) is 0 Å². The first-order chi connectivity index (χ1) is 4.84. The topological polar surface area (TPSA) is 0 Å². The van der Waals surface area contributed by atoms with Crippen molar-refractivity contribution in [3.63, 3.8) is 0 Å². The summed E-state index contributed by atoms with van der Waals surface area (Å²) in [6.45, 7) is 9.54. The molecule has 0 aromatic rings. The first-order valence-corrected chi connectivity index (χ1v) is 8.27. The fraction of sp³-hybridized carbons (Fsp3) is 0.556. The van der Waals surface area contributed by atoms with Crippen molar-refractivity contribution < 1.29 is 57.7 Å². The fourth-order valence-corrected chi connectivity index (χ4v) is 5.90. The third-order valence-electron chi connectivity index (χ3n) is 2.06. The van der Waals surface area contributed by atoms with Crippen LogP contribution in [0.1, 0.15) is 6.92 Å². The summed E-state index contributed by atoms with van der Waals surface area (Å²) in [5, 5.41) is 1.67. The van der Waals surface area contributed by atoms with E-state index in [0.29, 0.717) is 3.72 Å². The van der Waals surface area contributed by atoms with Crippen LogP contribution in [-0.4, -0.2) is 8.07 Å². The molecule has 1 aliphatic rings. The smallest absolute Gasteiger partial charge is 1.00 e. The molecule has 0 nitrogen and oxygen atoms in total. The van der Waals surface area contributed by atoms with E-state index >= 15 is 0 Å². The molecular formula is C9H15Cl3SiTi. The summed E-state index contributed by atoms with van der Waals surface area (Å²) >= 11 is 2.31. The molecule has 0 heterocycles. The zero-order valence-electron chi connectivity index (χ0n) is 8.87. The summed E-state index contributed by atoms with van der Waals surface area (Å²) in [4.78, 5) is 0. The monoisotopic (exact) mass is 304 g/mol. The molecule has 1 unspecified atom stereocenters. The second kappa shape index (κ2) is 6.78. The molecule has 1 aliphatic carbocycles. The van der Waals surface area contributed by atoms with E-state index in [1.165, 1.54) is 0 Å². The molecule has 80 valence electrons. The molecule has 0 saturated carbocycles. The van der Waals surface area contributed by atoms with Crippen LogP contribution in [0.2, 0.25) is 23.4 Å². The summed E-state index contributed by atoms with van der Waals surface area (Å²) in [6.07, 6.45) is 6.82. The largest absolute Gasteiger partial charge is 1.00 e. The van der Waals surface area contributed by atoms with Crippen LogP contribution < -0.4 is 37.2 Å². The van der Waals surface area contributed by atoms with Crippen molar-refractivity contribution in [2.75, 3.05) is 0 Å². The standard InChI is InChI=1S/C9H15Si.3ClH.Ti/c1-8-6-5-7-9(8)10(2,3)4;;;;/h5-7H,1-4H3;3*1H;/q;;;;+3/p-3. The van der Waals surface area contributed by atoms with Crippen molar-refractivity contribution in [2.24, 2.45) is 0 Å². The Balaban J connectivity index is -0.000000403. The van der Waals surface area contributed by atoms with Gasteiger partial charge in [-0.15, -0.1) is 0 Å². The molecule has 0 aromatic heterocycles. The van der Waals surface area contributed by atoms with Crippen LogP contribution in [0.15, 0.2) is 23.4 Å². The third kappa shape index (κ3) is 4.87. The zero-order chi connectivity index (χ0) is 8.70. The van der Waals surface area contributed by atoms with Gasteiger partial charge < -0.3 is 37.2 Å². The van der Waals surface area contributed by atoms with Gasteiger partial charge in [-0.05, 0) is 0 Å². The maximum Gasteiger partial charge on any atom is -1.00 e. The van der Waals surface area contributed by atoms with Gasteiger partial charge in [0, 0.05) is 0 Å². The minimum atomic E-state index is -1.06. The van der Waals surface area contributed by atoms with Crippen molar-refractivity contribution in [3.05, 3.63) is 23.4 Å². The summed E-state index contributed by atoms with van der Waals surface area (Å²) in [6, 6.07) is 0. The number of hydrogen-bond donors (Lipinski definition) is 0. The van der Waals surface area contributed by atoms with Crippen LogP contribution in [0.25, 0.3) is 0 Å². The Labute approximate surface area is 119 Å². The number of rotatable bonds is 1. The van der Waals surface area contributed by atoms with Crippen LogP contribution in [-0.2, 0) is 20.4 Å². The maximum absolute atomic E-state index is 2.41. The number of halogens is 3. The third-order valence-corrected chi connectivity index (χ3v) is 5.43. The quantitative estimate of drug-likeness (QED) is 0.423. The molecule has 0 bridgehead atoms. The van der Waals surface area contributed by atoms with E-state index < -0.39 is 8.07 Å². The summed E-state index contributed by atoms with van der Waals surface area (Å²) in [5.74, 6) is 0. The van der Waals surface area contributed by atoms with E-state index in [1.54, 1.807) is 5.20 Å². The molecule has 0 aliphatic heterocycles. The first kappa shape index (κ1) is 20.7. The van der Waals surface area contributed by atoms with Gasteiger partial charge in [0.25, 0.3) is 0 Å². The van der Waals surface area contributed by atoms with Crippen LogP contribution in [0, 0.1) is 0 Å². The Bertz CT molecular complexity index is 229. The molecule has 5 heteroatoms. The van der Waals surface area contributed by atoms with Gasteiger partial charge >= 0.3 is 82.2 Å². The van der Waals surface area contributed by atoms with Gasteiger partial charge in [-0.2, -0.15) is 0 Å². The van der Waals surface area contributed by atoms with Crippen molar-refractivity contribution in [1.82, 2.24) is 0 Å². The predicted molar refractivity (Wildman–Crippen MR) is 48.9 cm³/mol. The van der Waals surface area contributed by atoms with Crippen molar-refractivity contribution in [2.45, 2.75) is 30.3 Å². The number of allylic oxidation sites excluding steroid dienone is 4. The van der Waals surface area contributed by atoms with Crippen LogP contribution >= 0.6 is 0 Å². The van der Waals surface area contributed by atoms with E-state index in [0.717, 1.165) is 0 Å². The van der Waals surface area contributed by atoms with Gasteiger partial charge in [0.15, 0.2) is 0 Å². The zero-order valence-corrected chi connectivity index (χ0v) is 13.7. The molecule has 0 aromatic carbocycles. The Morgan fingerprint density at radius 2 is 1.57 bits per heavy atom. The van der Waals surface area contributed by atoms with Gasteiger partial charge in [0.2, 0.25) is 0 Å². The summed E-state index contributed by atoms with van der Waals surface area (Å²) in [5.41, 5.74) is 0. The average Bonchev–Trinajstić information content (AvgIpc) is 2.06. The molecule has 1 rings (SSSR count). The molecule has 1 atom stereocenters. The molecule has 0 N–H and O–H groups in total. The Hall–Kier alpha value is 1.28. The van der Waals surface area contributed by atoms with E-state index in [4.69, 9.17) is 0 Å². The first-order valence-electron chi connectivity index (χ1n) is 3.99. The maximum atomic E-state index is 2.41. The van der Waals surface area contributed by atoms with E-state index in [1.807, 2.05) is 0 Å². The molecule has 0 radical (unpaired) electrons. The van der Waals surface area contributed by atoms with Crippen LogP contribution in [0.4, 0.5) is 0 Å². The minimum Gasteiger partial charge on any atom is -1.00 e. The van der Waals surface area contributed by atoms with Gasteiger partial charge in [0.1, 0.15) is 0 Å². The minimum absolute atomic E-state index is 0. The van der Waals surface area contributed by atoms with E-state index in [2.05, 4.69) is 65.2 Å². The van der Waals surface area contributed by atoms with Gasteiger partial charge in [-0.1, -0.05) is 0 Å². The van der Waals surface area contributed by atoms with Crippen LogP contribution in [0.3, 0.4) is 0 Å². The summed E-state index contributed by atoms with van der Waals surface area (Å²) < 4.78 is 0.338. The molecule has 0 spiro atoms. The van der Waals surface area contributed by atoms with E-state index in [-0.39, 0.29) is 37.2 Å². The predicted octanol–water partition coefficient (Wildman–Crippen LogP) is -5.90. The average molecular weight is 306 g/mol.